The molecule has 1 aromatic carbocycles. The summed E-state index contributed by atoms with van der Waals surface area (Å²) >= 11 is 5.99. The molecule has 1 aliphatic rings. The van der Waals surface area contributed by atoms with Crippen LogP contribution in [0.25, 0.3) is 0 Å². The van der Waals surface area contributed by atoms with Crippen molar-refractivity contribution in [3.05, 3.63) is 34.9 Å². The lowest BCUT2D eigenvalue weighted by atomic mass is 9.89. The van der Waals surface area contributed by atoms with Crippen LogP contribution in [0.15, 0.2) is 24.3 Å². The van der Waals surface area contributed by atoms with E-state index in [4.69, 9.17) is 16.7 Å². The fourth-order valence-corrected chi connectivity index (χ4v) is 2.51. The molecule has 2 N–H and O–H groups in total. The average Bonchev–Trinajstić information content (AvgIpc) is 3.19. The van der Waals surface area contributed by atoms with Crippen LogP contribution in [-0.2, 0) is 15.0 Å². The summed E-state index contributed by atoms with van der Waals surface area (Å²) in [7, 11) is 0. The molecule has 0 aromatic heterocycles. The van der Waals surface area contributed by atoms with Gasteiger partial charge in [0, 0.05) is 11.6 Å². The highest BCUT2D eigenvalue weighted by molar-refractivity contribution is 6.30. The first-order chi connectivity index (χ1) is 9.78. The summed E-state index contributed by atoms with van der Waals surface area (Å²) in [5, 5.41) is 12.6. The van der Waals surface area contributed by atoms with Gasteiger partial charge in [0.1, 0.15) is 0 Å². The summed E-state index contributed by atoms with van der Waals surface area (Å²) in [6.07, 6.45) is 2.02. The van der Waals surface area contributed by atoms with E-state index in [9.17, 15) is 9.59 Å². The van der Waals surface area contributed by atoms with Crippen molar-refractivity contribution in [2.45, 2.75) is 38.5 Å². The van der Waals surface area contributed by atoms with Crippen molar-refractivity contribution in [2.75, 3.05) is 6.54 Å². The Labute approximate surface area is 129 Å². The lowest BCUT2D eigenvalue weighted by Crippen LogP contribution is -2.37. The molecule has 2 rings (SSSR count). The number of carbonyl (C=O) groups excluding carboxylic acids is 1. The van der Waals surface area contributed by atoms with Crippen molar-refractivity contribution in [3.8, 4) is 0 Å². The number of benzene rings is 1. The number of halogens is 1. The second kappa shape index (κ2) is 5.68. The fourth-order valence-electron chi connectivity index (χ4n) is 2.32. The van der Waals surface area contributed by atoms with E-state index in [1.54, 1.807) is 19.9 Å². The molecule has 0 unspecified atom stereocenters. The first-order valence-corrected chi connectivity index (χ1v) is 7.43. The zero-order chi connectivity index (χ0) is 15.7. The van der Waals surface area contributed by atoms with Crippen molar-refractivity contribution < 1.29 is 14.7 Å². The second-order valence-electron chi connectivity index (χ2n) is 6.29. The minimum Gasteiger partial charge on any atom is -0.481 e. The molecule has 1 saturated carbocycles. The number of aliphatic carboxylic acids is 1. The van der Waals surface area contributed by atoms with Gasteiger partial charge in [-0.25, -0.2) is 0 Å². The Balaban J connectivity index is 1.96. The molecule has 114 valence electrons. The van der Waals surface area contributed by atoms with Gasteiger partial charge in [-0.1, -0.05) is 23.7 Å². The van der Waals surface area contributed by atoms with Gasteiger partial charge >= 0.3 is 5.97 Å². The normalized spacial score (nSPS) is 16.3. The standard InChI is InChI=1S/C16H20ClNO3/c1-15(2,14(20)21)8-9-18-13(19)16(6-7-16)11-4-3-5-12(17)10-11/h3-5,10H,6-9H2,1-2H3,(H,18,19)(H,20,21). The molecule has 0 radical (unpaired) electrons. The summed E-state index contributed by atoms with van der Waals surface area (Å²) in [5.41, 5.74) is -0.372. The van der Waals surface area contributed by atoms with Crippen LogP contribution in [0.3, 0.4) is 0 Å². The number of carboxylic acid groups (broad SMARTS) is 1. The van der Waals surface area contributed by atoms with Gasteiger partial charge in [-0.05, 0) is 50.8 Å². The second-order valence-corrected chi connectivity index (χ2v) is 6.72. The number of rotatable bonds is 6. The van der Waals surface area contributed by atoms with E-state index in [1.165, 1.54) is 0 Å². The quantitative estimate of drug-likeness (QED) is 0.849. The maximum Gasteiger partial charge on any atom is 0.309 e. The van der Waals surface area contributed by atoms with Gasteiger partial charge in [0.05, 0.1) is 10.8 Å². The third-order valence-corrected chi connectivity index (χ3v) is 4.41. The Hall–Kier alpha value is -1.55. The van der Waals surface area contributed by atoms with Crippen molar-refractivity contribution in [3.63, 3.8) is 0 Å². The third-order valence-electron chi connectivity index (χ3n) is 4.18. The van der Waals surface area contributed by atoms with Crippen LogP contribution in [0.4, 0.5) is 0 Å². The van der Waals surface area contributed by atoms with Gasteiger partial charge in [-0.3, -0.25) is 9.59 Å². The van der Waals surface area contributed by atoms with Gasteiger partial charge in [0.2, 0.25) is 5.91 Å². The molecule has 1 fully saturated rings. The molecule has 0 aliphatic heterocycles. The van der Waals surface area contributed by atoms with Gasteiger partial charge in [-0.2, -0.15) is 0 Å². The summed E-state index contributed by atoms with van der Waals surface area (Å²) in [5.74, 6) is -0.890. The molecule has 21 heavy (non-hydrogen) atoms. The largest absolute Gasteiger partial charge is 0.481 e. The summed E-state index contributed by atoms with van der Waals surface area (Å²) < 4.78 is 0. The Morgan fingerprint density at radius 3 is 2.57 bits per heavy atom. The van der Waals surface area contributed by atoms with E-state index in [-0.39, 0.29) is 5.91 Å². The molecule has 4 nitrogen and oxygen atoms in total. The number of amides is 1. The molecule has 0 heterocycles. The molecule has 0 spiro atoms. The van der Waals surface area contributed by atoms with Crippen molar-refractivity contribution in [1.29, 1.82) is 0 Å². The zero-order valence-electron chi connectivity index (χ0n) is 12.3. The maximum atomic E-state index is 12.4. The van der Waals surface area contributed by atoms with Gasteiger partial charge in [-0.15, -0.1) is 0 Å². The molecule has 0 bridgehead atoms. The van der Waals surface area contributed by atoms with Crippen LogP contribution in [0.5, 0.6) is 0 Å². The van der Waals surface area contributed by atoms with Crippen LogP contribution in [0.1, 0.15) is 38.7 Å². The maximum absolute atomic E-state index is 12.4. The predicted molar refractivity (Wildman–Crippen MR) is 81.4 cm³/mol. The van der Waals surface area contributed by atoms with E-state index in [0.29, 0.717) is 18.0 Å². The minimum atomic E-state index is -0.854. The van der Waals surface area contributed by atoms with Gasteiger partial charge in [0.25, 0.3) is 0 Å². The number of carboxylic acids is 1. The number of hydrogen-bond donors (Lipinski definition) is 2. The molecular weight excluding hydrogens is 290 g/mol. The Bertz CT molecular complexity index is 564. The van der Waals surface area contributed by atoms with Crippen LogP contribution in [0.2, 0.25) is 5.02 Å². The van der Waals surface area contributed by atoms with Crippen molar-refractivity contribution in [2.24, 2.45) is 5.41 Å². The highest BCUT2D eigenvalue weighted by Crippen LogP contribution is 2.48. The molecular formula is C16H20ClNO3. The molecule has 1 aromatic rings. The van der Waals surface area contributed by atoms with Crippen LogP contribution >= 0.6 is 11.6 Å². The minimum absolute atomic E-state index is 0.0362. The van der Waals surface area contributed by atoms with Crippen molar-refractivity contribution in [1.82, 2.24) is 5.32 Å². The van der Waals surface area contributed by atoms with E-state index in [1.807, 2.05) is 18.2 Å². The van der Waals surface area contributed by atoms with E-state index in [0.717, 1.165) is 18.4 Å². The molecule has 0 saturated heterocycles. The monoisotopic (exact) mass is 309 g/mol. The lowest BCUT2D eigenvalue weighted by molar-refractivity contribution is -0.147. The highest BCUT2D eigenvalue weighted by atomic mass is 35.5. The van der Waals surface area contributed by atoms with Crippen LogP contribution in [-0.4, -0.2) is 23.5 Å². The number of carbonyl (C=O) groups is 2. The van der Waals surface area contributed by atoms with Crippen LogP contribution in [0, 0.1) is 5.41 Å². The summed E-state index contributed by atoms with van der Waals surface area (Å²) in [6.45, 7) is 3.68. The van der Waals surface area contributed by atoms with Crippen LogP contribution < -0.4 is 5.32 Å². The van der Waals surface area contributed by atoms with E-state index in [2.05, 4.69) is 5.32 Å². The molecule has 1 amide bonds. The average molecular weight is 310 g/mol. The Kier molecular flexibility index (Phi) is 4.28. The molecule has 1 aliphatic carbocycles. The summed E-state index contributed by atoms with van der Waals surface area (Å²) in [4.78, 5) is 23.4. The van der Waals surface area contributed by atoms with Gasteiger partial charge in [0.15, 0.2) is 0 Å². The Morgan fingerprint density at radius 1 is 1.38 bits per heavy atom. The topological polar surface area (TPSA) is 66.4 Å². The lowest BCUT2D eigenvalue weighted by Gasteiger charge is -2.21. The van der Waals surface area contributed by atoms with E-state index < -0.39 is 16.8 Å². The smallest absolute Gasteiger partial charge is 0.309 e. The highest BCUT2D eigenvalue weighted by Gasteiger charge is 2.51. The van der Waals surface area contributed by atoms with E-state index >= 15 is 0 Å². The first kappa shape index (κ1) is 15.8. The fraction of sp³-hybridized carbons (Fsp3) is 0.500. The van der Waals surface area contributed by atoms with Gasteiger partial charge < -0.3 is 10.4 Å². The number of hydrogen-bond acceptors (Lipinski definition) is 2. The Morgan fingerprint density at radius 2 is 2.05 bits per heavy atom. The molecule has 0 atom stereocenters. The molecule has 5 heteroatoms. The van der Waals surface area contributed by atoms with Crippen molar-refractivity contribution >= 4 is 23.5 Å². The predicted octanol–water partition coefficient (Wildman–Crippen LogP) is 2.99. The SMILES string of the molecule is CC(C)(CCNC(=O)C1(c2cccc(Cl)c2)CC1)C(=O)O. The third kappa shape index (κ3) is 3.38. The first-order valence-electron chi connectivity index (χ1n) is 7.06. The zero-order valence-corrected chi connectivity index (χ0v) is 13.0. The number of nitrogens with one attached hydrogen (secondary N) is 1. The summed E-state index contributed by atoms with van der Waals surface area (Å²) in [6, 6.07) is 7.38.